The van der Waals surface area contributed by atoms with Crippen LogP contribution in [0.3, 0.4) is 0 Å². The molecule has 0 saturated carbocycles. The molecule has 1 amide bonds. The summed E-state index contributed by atoms with van der Waals surface area (Å²) in [6.07, 6.45) is 3.27. The Labute approximate surface area is 227 Å². The molecule has 4 rings (SSSR count). The molecule has 36 heavy (non-hydrogen) atoms. The quantitative estimate of drug-likeness (QED) is 0.323. The molecule has 0 spiro atoms. The zero-order chi connectivity index (χ0) is 25.5. The molecular weight excluding hydrogens is 515 g/mol. The van der Waals surface area contributed by atoms with Crippen LogP contribution in [0.25, 0.3) is 0 Å². The summed E-state index contributed by atoms with van der Waals surface area (Å²) in [5, 5.41) is 3.68. The fourth-order valence-corrected chi connectivity index (χ4v) is 5.01. The van der Waals surface area contributed by atoms with Crippen molar-refractivity contribution in [3.63, 3.8) is 0 Å². The molecule has 0 radical (unpaired) electrons. The summed E-state index contributed by atoms with van der Waals surface area (Å²) in [4.78, 5) is 15.3. The molecule has 3 aromatic carbocycles. The van der Waals surface area contributed by atoms with Crippen LogP contribution in [-0.2, 0) is 11.2 Å². The van der Waals surface area contributed by atoms with Crippen molar-refractivity contribution in [3.05, 3.63) is 87.9 Å². The Hall–Kier alpha value is -2.80. The van der Waals surface area contributed by atoms with Crippen LogP contribution in [0, 0.1) is 5.92 Å². The number of nitrogens with zero attached hydrogens (tertiary/aromatic N) is 1. The highest BCUT2D eigenvalue weighted by Gasteiger charge is 2.23. The smallest absolute Gasteiger partial charge is 0.262 e. The average Bonchev–Trinajstić information content (AvgIpc) is 2.89. The molecule has 0 aromatic heterocycles. The van der Waals surface area contributed by atoms with Gasteiger partial charge in [0.25, 0.3) is 5.91 Å². The first kappa shape index (κ1) is 26.3. The fourth-order valence-electron chi connectivity index (χ4n) is 4.32. The van der Waals surface area contributed by atoms with E-state index in [9.17, 15) is 4.79 Å². The summed E-state index contributed by atoms with van der Waals surface area (Å²) >= 11 is 18.2. The average molecular weight is 544 g/mol. The van der Waals surface area contributed by atoms with Gasteiger partial charge in [-0.15, -0.1) is 0 Å². The van der Waals surface area contributed by atoms with Gasteiger partial charge in [0.2, 0.25) is 0 Å². The van der Waals surface area contributed by atoms with Gasteiger partial charge in [0, 0.05) is 29.4 Å². The van der Waals surface area contributed by atoms with E-state index in [-0.39, 0.29) is 12.5 Å². The minimum Gasteiger partial charge on any atom is -0.493 e. The first-order valence-corrected chi connectivity index (χ1v) is 13.0. The summed E-state index contributed by atoms with van der Waals surface area (Å²) in [5.74, 6) is 1.06. The Morgan fingerprint density at radius 2 is 1.75 bits per heavy atom. The van der Waals surface area contributed by atoms with Crippen LogP contribution < -0.4 is 14.8 Å². The van der Waals surface area contributed by atoms with E-state index in [2.05, 4.69) is 40.5 Å². The molecule has 0 aliphatic carbocycles. The number of rotatable bonds is 8. The van der Waals surface area contributed by atoms with E-state index < -0.39 is 0 Å². The fraction of sp³-hybridized carbons (Fsp3) is 0.286. The second-order valence-electron chi connectivity index (χ2n) is 8.76. The van der Waals surface area contributed by atoms with Gasteiger partial charge in [-0.05, 0) is 67.1 Å². The highest BCUT2D eigenvalue weighted by molar-refractivity contribution is 7.80. The van der Waals surface area contributed by atoms with Crippen LogP contribution in [0.15, 0.2) is 66.7 Å². The third-order valence-electron chi connectivity index (χ3n) is 6.22. The zero-order valence-corrected chi connectivity index (χ0v) is 22.3. The van der Waals surface area contributed by atoms with Crippen LogP contribution in [0.5, 0.6) is 11.5 Å². The molecule has 5 nitrogen and oxygen atoms in total. The van der Waals surface area contributed by atoms with Crippen molar-refractivity contribution in [1.82, 2.24) is 4.90 Å². The van der Waals surface area contributed by atoms with E-state index in [1.165, 1.54) is 12.7 Å². The lowest BCUT2D eigenvalue weighted by Crippen LogP contribution is -2.38. The molecule has 1 N–H and O–H groups in total. The molecule has 0 bridgehead atoms. The predicted molar refractivity (Wildman–Crippen MR) is 150 cm³/mol. The molecule has 1 heterocycles. The third kappa shape index (κ3) is 6.90. The summed E-state index contributed by atoms with van der Waals surface area (Å²) in [7, 11) is 1.54. The van der Waals surface area contributed by atoms with Crippen molar-refractivity contribution >= 4 is 52.0 Å². The maximum atomic E-state index is 12.3. The van der Waals surface area contributed by atoms with E-state index in [0.29, 0.717) is 33.1 Å². The van der Waals surface area contributed by atoms with E-state index in [1.807, 2.05) is 6.07 Å². The predicted octanol–water partition coefficient (Wildman–Crippen LogP) is 6.65. The zero-order valence-electron chi connectivity index (χ0n) is 20.0. The van der Waals surface area contributed by atoms with Gasteiger partial charge in [-0.1, -0.05) is 65.8 Å². The van der Waals surface area contributed by atoms with E-state index in [1.54, 1.807) is 30.3 Å². The lowest BCUT2D eigenvalue weighted by molar-refractivity contribution is -0.118. The highest BCUT2D eigenvalue weighted by Crippen LogP contribution is 2.37. The molecule has 1 saturated heterocycles. The summed E-state index contributed by atoms with van der Waals surface area (Å²) in [6, 6.07) is 21.0. The SMILES string of the molecule is COc1cc(C(=S)N2CCC(Cc3ccccc3)CC2)cc(Cl)c1OCC(=O)Nc1ccc(Cl)cc1. The van der Waals surface area contributed by atoms with E-state index in [0.717, 1.165) is 42.9 Å². The van der Waals surface area contributed by atoms with Crippen molar-refractivity contribution in [2.75, 3.05) is 32.1 Å². The Morgan fingerprint density at radius 1 is 1.06 bits per heavy atom. The molecule has 1 aliphatic heterocycles. The number of piperidine rings is 1. The summed E-state index contributed by atoms with van der Waals surface area (Å²) < 4.78 is 11.2. The molecule has 0 atom stereocenters. The topological polar surface area (TPSA) is 50.8 Å². The number of likely N-dealkylation sites (tertiary alicyclic amines) is 1. The highest BCUT2D eigenvalue weighted by atomic mass is 35.5. The van der Waals surface area contributed by atoms with Gasteiger partial charge in [-0.2, -0.15) is 0 Å². The number of anilines is 1. The molecule has 1 fully saturated rings. The minimum atomic E-state index is -0.326. The lowest BCUT2D eigenvalue weighted by atomic mass is 9.90. The minimum absolute atomic E-state index is 0.225. The van der Waals surface area contributed by atoms with Gasteiger partial charge >= 0.3 is 0 Å². The van der Waals surface area contributed by atoms with Crippen LogP contribution >= 0.6 is 35.4 Å². The Kier molecular flexibility index (Phi) is 9.08. The Balaban J connectivity index is 1.35. The van der Waals surface area contributed by atoms with Crippen molar-refractivity contribution < 1.29 is 14.3 Å². The lowest BCUT2D eigenvalue weighted by Gasteiger charge is -2.34. The van der Waals surface area contributed by atoms with Crippen LogP contribution in [0.2, 0.25) is 10.0 Å². The number of hydrogen-bond acceptors (Lipinski definition) is 4. The first-order valence-electron chi connectivity index (χ1n) is 11.8. The number of hydrogen-bond donors (Lipinski definition) is 1. The van der Waals surface area contributed by atoms with Gasteiger partial charge in [0.1, 0.15) is 4.99 Å². The van der Waals surface area contributed by atoms with Crippen LogP contribution in [0.4, 0.5) is 5.69 Å². The van der Waals surface area contributed by atoms with E-state index >= 15 is 0 Å². The molecule has 8 heteroatoms. The Bertz CT molecular complexity index is 1200. The number of carbonyl (C=O) groups excluding carboxylic acids is 1. The van der Waals surface area contributed by atoms with Crippen LogP contribution in [-0.4, -0.2) is 42.6 Å². The maximum Gasteiger partial charge on any atom is 0.262 e. The van der Waals surface area contributed by atoms with Gasteiger partial charge in [0.05, 0.1) is 12.1 Å². The van der Waals surface area contributed by atoms with E-state index in [4.69, 9.17) is 44.9 Å². The molecule has 0 unspecified atom stereocenters. The van der Waals surface area contributed by atoms with Crippen molar-refractivity contribution in [3.8, 4) is 11.5 Å². The third-order valence-corrected chi connectivity index (χ3v) is 7.25. The maximum absolute atomic E-state index is 12.3. The normalized spacial score (nSPS) is 13.8. The number of benzene rings is 3. The monoisotopic (exact) mass is 542 g/mol. The number of thiocarbonyl (C=S) groups is 1. The molecule has 3 aromatic rings. The first-order chi connectivity index (χ1) is 17.4. The van der Waals surface area contributed by atoms with Crippen molar-refractivity contribution in [2.45, 2.75) is 19.3 Å². The molecule has 188 valence electrons. The number of carbonyl (C=O) groups is 1. The largest absolute Gasteiger partial charge is 0.493 e. The van der Waals surface area contributed by atoms with Gasteiger partial charge in [0.15, 0.2) is 18.1 Å². The van der Waals surface area contributed by atoms with Crippen molar-refractivity contribution in [2.24, 2.45) is 5.92 Å². The number of methoxy groups -OCH3 is 1. The van der Waals surface area contributed by atoms with Gasteiger partial charge < -0.3 is 19.7 Å². The number of halogens is 2. The van der Waals surface area contributed by atoms with Crippen molar-refractivity contribution in [1.29, 1.82) is 0 Å². The number of nitrogens with one attached hydrogen (secondary N) is 1. The van der Waals surface area contributed by atoms with Gasteiger partial charge in [-0.3, -0.25) is 4.79 Å². The summed E-state index contributed by atoms with van der Waals surface area (Å²) in [6.45, 7) is 1.58. The second kappa shape index (κ2) is 12.4. The summed E-state index contributed by atoms with van der Waals surface area (Å²) in [5.41, 5.74) is 2.80. The second-order valence-corrected chi connectivity index (χ2v) is 9.99. The Morgan fingerprint density at radius 3 is 2.42 bits per heavy atom. The standard InChI is InChI=1S/C28H28Cl2N2O3S/c1-34-25-17-21(28(36)32-13-11-20(12-14-32)15-19-5-3-2-4-6-19)16-24(30)27(25)35-18-26(33)31-23-9-7-22(29)8-10-23/h2-10,16-17,20H,11-15,18H2,1H3,(H,31,33). The molecule has 1 aliphatic rings. The number of ether oxygens (including phenoxy) is 2. The number of amides is 1. The van der Waals surface area contributed by atoms with Gasteiger partial charge in [-0.25, -0.2) is 0 Å². The molecular formula is C28H28Cl2N2O3S. The van der Waals surface area contributed by atoms with Crippen LogP contribution in [0.1, 0.15) is 24.0 Å².